The normalized spacial score (nSPS) is 33.5. The highest BCUT2D eigenvalue weighted by atomic mass is 16.8. The first-order valence-corrected chi connectivity index (χ1v) is 13.3. The number of methoxy groups -OCH3 is 1. The Morgan fingerprint density at radius 1 is 0.833 bits per heavy atom. The van der Waals surface area contributed by atoms with Crippen molar-refractivity contribution < 1.29 is 71.4 Å². The molecule has 0 N–H and O–H groups in total. The van der Waals surface area contributed by atoms with Crippen molar-refractivity contribution in [3.8, 4) is 0 Å². The molecule has 1 aliphatic carbocycles. The molecule has 0 bridgehead atoms. The van der Waals surface area contributed by atoms with Crippen LogP contribution >= 0.6 is 0 Å². The molecule has 2 aliphatic heterocycles. The number of hydrogen-bond donors (Lipinski definition) is 0. The molecule has 2 heterocycles. The Balaban J connectivity index is 2.05. The molecule has 0 aromatic rings. The number of esters is 6. The van der Waals surface area contributed by atoms with E-state index >= 15 is 0 Å². The molecule has 2 fully saturated rings. The fourth-order valence-electron chi connectivity index (χ4n) is 5.66. The summed E-state index contributed by atoms with van der Waals surface area (Å²) in [4.78, 5) is 72.4. The predicted molar refractivity (Wildman–Crippen MR) is 134 cm³/mol. The van der Waals surface area contributed by atoms with E-state index in [-0.39, 0.29) is 5.57 Å². The van der Waals surface area contributed by atoms with Gasteiger partial charge in [0.05, 0.1) is 24.9 Å². The minimum Gasteiger partial charge on any atom is -0.471 e. The largest absolute Gasteiger partial charge is 0.471 e. The van der Waals surface area contributed by atoms with Crippen LogP contribution in [0.3, 0.4) is 0 Å². The van der Waals surface area contributed by atoms with Gasteiger partial charge in [0.15, 0.2) is 18.3 Å². The van der Waals surface area contributed by atoms with Crippen LogP contribution < -0.4 is 0 Å². The van der Waals surface area contributed by atoms with E-state index in [0.717, 1.165) is 27.7 Å². The molecule has 0 radical (unpaired) electrons. The van der Waals surface area contributed by atoms with E-state index < -0.39 is 96.9 Å². The van der Waals surface area contributed by atoms with Gasteiger partial charge in [-0.25, -0.2) is 4.79 Å². The summed E-state index contributed by atoms with van der Waals surface area (Å²) in [6.07, 6.45) is -6.45. The van der Waals surface area contributed by atoms with Crippen LogP contribution in [0.15, 0.2) is 11.8 Å². The Morgan fingerprint density at radius 3 is 1.98 bits per heavy atom. The SMILES string of the molecule is COC(=O)C1=CO[C@@H](O[C@@H]2O[C@H](COC(C)=O)[C@@H](OC(C)=O)[C@H](OC(C)=O)[C@H]2OC(C)=O)[C@H]2[C@@H]1CC[C@@]2(C)OC(C)=O. The molecule has 42 heavy (non-hydrogen) atoms. The van der Waals surface area contributed by atoms with Crippen LogP contribution in [-0.2, 0) is 71.4 Å². The first-order chi connectivity index (χ1) is 19.7. The second-order valence-electron chi connectivity index (χ2n) is 10.4. The van der Waals surface area contributed by atoms with Crippen molar-refractivity contribution in [1.29, 1.82) is 0 Å². The van der Waals surface area contributed by atoms with E-state index in [2.05, 4.69) is 0 Å². The van der Waals surface area contributed by atoms with Crippen molar-refractivity contribution in [2.45, 2.75) is 97.0 Å². The highest BCUT2D eigenvalue weighted by molar-refractivity contribution is 5.89. The summed E-state index contributed by atoms with van der Waals surface area (Å²) < 4.78 is 50.0. The standard InChI is InChI=1S/C27H36O15/c1-12(28)35-11-19-21(37-13(2)29)22(38-14(3)30)23(39-15(4)31)26(40-19)41-25-20-17(18(10-36-25)24(33)34-7)8-9-27(20,6)42-16(5)32/h10,17,19-23,25-26H,8-9,11H2,1-7H3/t17-,19-,20-,21-,22+,23-,25+,26+,27-/m1/s1. The predicted octanol–water partition coefficient (Wildman–Crippen LogP) is 0.847. The van der Waals surface area contributed by atoms with Gasteiger partial charge in [-0.05, 0) is 19.8 Å². The van der Waals surface area contributed by atoms with E-state index in [9.17, 15) is 28.8 Å². The lowest BCUT2D eigenvalue weighted by atomic mass is 9.81. The maximum atomic E-state index is 12.5. The molecular weight excluding hydrogens is 564 g/mol. The molecule has 234 valence electrons. The maximum Gasteiger partial charge on any atom is 0.337 e. The zero-order chi connectivity index (χ0) is 31.4. The highest BCUT2D eigenvalue weighted by Gasteiger charge is 2.59. The van der Waals surface area contributed by atoms with Gasteiger partial charge in [-0.15, -0.1) is 0 Å². The van der Waals surface area contributed by atoms with Crippen LogP contribution in [0.25, 0.3) is 0 Å². The molecule has 0 aromatic carbocycles. The smallest absolute Gasteiger partial charge is 0.337 e. The number of carbonyl (C=O) groups excluding carboxylic acids is 6. The number of carbonyl (C=O) groups is 6. The second kappa shape index (κ2) is 13.5. The lowest BCUT2D eigenvalue weighted by Crippen LogP contribution is -2.64. The van der Waals surface area contributed by atoms with Crippen LogP contribution in [0.1, 0.15) is 54.4 Å². The van der Waals surface area contributed by atoms with E-state index in [1.54, 1.807) is 6.92 Å². The van der Waals surface area contributed by atoms with Crippen molar-refractivity contribution in [2.24, 2.45) is 11.8 Å². The zero-order valence-electron chi connectivity index (χ0n) is 24.4. The summed E-state index contributed by atoms with van der Waals surface area (Å²) in [5.74, 6) is -5.57. The summed E-state index contributed by atoms with van der Waals surface area (Å²) in [6, 6.07) is 0. The van der Waals surface area contributed by atoms with Gasteiger partial charge >= 0.3 is 35.8 Å². The van der Waals surface area contributed by atoms with Crippen molar-refractivity contribution >= 4 is 35.8 Å². The first-order valence-electron chi connectivity index (χ1n) is 13.3. The molecule has 15 nitrogen and oxygen atoms in total. The summed E-state index contributed by atoms with van der Waals surface area (Å²) in [5.41, 5.74) is -0.952. The highest BCUT2D eigenvalue weighted by Crippen LogP contribution is 2.51. The van der Waals surface area contributed by atoms with Crippen molar-refractivity contribution in [3.63, 3.8) is 0 Å². The lowest BCUT2D eigenvalue weighted by Gasteiger charge is -2.46. The molecule has 3 rings (SSSR count). The third kappa shape index (κ3) is 7.56. The fraction of sp³-hybridized carbons (Fsp3) is 0.704. The fourth-order valence-corrected chi connectivity index (χ4v) is 5.66. The van der Waals surface area contributed by atoms with E-state index in [1.165, 1.54) is 20.3 Å². The van der Waals surface area contributed by atoms with Crippen LogP contribution in [-0.4, -0.2) is 92.1 Å². The van der Waals surface area contributed by atoms with E-state index in [4.69, 9.17) is 42.6 Å². The van der Waals surface area contributed by atoms with E-state index in [1.807, 2.05) is 0 Å². The first kappa shape index (κ1) is 32.8. The summed E-state index contributed by atoms with van der Waals surface area (Å²) >= 11 is 0. The Bertz CT molecular complexity index is 1110. The molecule has 3 aliphatic rings. The van der Waals surface area contributed by atoms with Crippen LogP contribution in [0.2, 0.25) is 0 Å². The Morgan fingerprint density at radius 2 is 1.43 bits per heavy atom. The summed E-state index contributed by atoms with van der Waals surface area (Å²) in [6.45, 7) is 6.92. The Kier molecular flexibility index (Phi) is 10.5. The monoisotopic (exact) mass is 600 g/mol. The molecular formula is C27H36O15. The molecule has 0 amide bonds. The third-order valence-corrected chi connectivity index (χ3v) is 7.13. The van der Waals surface area contributed by atoms with Gasteiger partial charge in [-0.1, -0.05) is 0 Å². The minimum absolute atomic E-state index is 0.208. The van der Waals surface area contributed by atoms with Crippen molar-refractivity contribution in [2.75, 3.05) is 13.7 Å². The molecule has 0 spiro atoms. The number of rotatable bonds is 9. The van der Waals surface area contributed by atoms with Gasteiger partial charge in [-0.3, -0.25) is 24.0 Å². The van der Waals surface area contributed by atoms with Crippen molar-refractivity contribution in [3.05, 3.63) is 11.8 Å². The van der Waals surface area contributed by atoms with Gasteiger partial charge in [0, 0.05) is 40.5 Å². The lowest BCUT2D eigenvalue weighted by molar-refractivity contribution is -0.348. The summed E-state index contributed by atoms with van der Waals surface area (Å²) in [7, 11) is 1.22. The summed E-state index contributed by atoms with van der Waals surface area (Å²) in [5, 5.41) is 0. The topological polar surface area (TPSA) is 185 Å². The molecule has 0 unspecified atom stereocenters. The minimum atomic E-state index is -1.55. The second-order valence-corrected chi connectivity index (χ2v) is 10.4. The van der Waals surface area contributed by atoms with Gasteiger partial charge in [-0.2, -0.15) is 0 Å². The third-order valence-electron chi connectivity index (χ3n) is 7.13. The molecule has 1 saturated heterocycles. The van der Waals surface area contributed by atoms with Gasteiger partial charge in [0.25, 0.3) is 0 Å². The quantitative estimate of drug-likeness (QED) is 0.268. The average molecular weight is 601 g/mol. The number of ether oxygens (including phenoxy) is 9. The molecule has 9 atom stereocenters. The van der Waals surface area contributed by atoms with Crippen LogP contribution in [0, 0.1) is 11.8 Å². The van der Waals surface area contributed by atoms with Gasteiger partial charge < -0.3 is 42.6 Å². The van der Waals surface area contributed by atoms with Crippen molar-refractivity contribution in [1.82, 2.24) is 0 Å². The van der Waals surface area contributed by atoms with Crippen LogP contribution in [0.5, 0.6) is 0 Å². The van der Waals surface area contributed by atoms with Gasteiger partial charge in [0.2, 0.25) is 12.6 Å². The van der Waals surface area contributed by atoms with Crippen LogP contribution in [0.4, 0.5) is 0 Å². The number of hydrogen-bond acceptors (Lipinski definition) is 15. The maximum absolute atomic E-state index is 12.5. The van der Waals surface area contributed by atoms with Gasteiger partial charge in [0.1, 0.15) is 18.3 Å². The molecule has 15 heteroatoms. The number of fused-ring (bicyclic) bond motifs is 1. The Labute approximate surface area is 242 Å². The average Bonchev–Trinajstić information content (AvgIpc) is 3.21. The van der Waals surface area contributed by atoms with E-state index in [0.29, 0.717) is 12.8 Å². The molecule has 0 aromatic heterocycles. The zero-order valence-corrected chi connectivity index (χ0v) is 24.4. The Hall–Kier alpha value is -3.72. The molecule has 1 saturated carbocycles.